The summed E-state index contributed by atoms with van der Waals surface area (Å²) >= 11 is 52.4. The topological polar surface area (TPSA) is 288 Å². The Hall–Kier alpha value is -6.37. The molecule has 0 aromatic carbocycles. The van der Waals surface area contributed by atoms with Crippen LogP contribution in [0.4, 0.5) is 0 Å². The van der Waals surface area contributed by atoms with Gasteiger partial charge in [-0.05, 0) is 147 Å². The second kappa shape index (κ2) is 56.3. The largest absolute Gasteiger partial charge is 0.332 e. The van der Waals surface area contributed by atoms with Crippen molar-refractivity contribution in [2.75, 3.05) is 84.6 Å². The highest BCUT2D eigenvalue weighted by Crippen LogP contribution is 2.40. The number of aromatic nitrogens is 2. The van der Waals surface area contributed by atoms with Crippen molar-refractivity contribution in [2.45, 2.75) is 292 Å². The number of allylic oxidation sites excluding steroid dienone is 4. The van der Waals surface area contributed by atoms with Crippen LogP contribution in [0.1, 0.15) is 224 Å². The van der Waals surface area contributed by atoms with Gasteiger partial charge in [0.15, 0.2) is 3.79 Å². The number of halogens is 9. The summed E-state index contributed by atoms with van der Waals surface area (Å²) in [6.07, 6.45) is 14.3. The third-order valence-electron chi connectivity index (χ3n) is 24.3. The molecule has 37 heteroatoms. The van der Waals surface area contributed by atoms with E-state index in [0.29, 0.717) is 121 Å². The lowest BCUT2D eigenvalue weighted by Gasteiger charge is -2.43. The molecule has 7 heterocycles. The molecule has 0 aliphatic carbocycles. The third kappa shape index (κ3) is 36.3. The van der Waals surface area contributed by atoms with Gasteiger partial charge in [0.1, 0.15) is 96.3 Å². The molecule has 0 bridgehead atoms. The van der Waals surface area contributed by atoms with Crippen molar-refractivity contribution in [3.05, 3.63) is 76.8 Å². The highest BCUT2D eigenvalue weighted by atomic mass is 35.6. The molecule has 6 saturated heterocycles. The van der Waals surface area contributed by atoms with Gasteiger partial charge in [0, 0.05) is 105 Å². The van der Waals surface area contributed by atoms with Gasteiger partial charge in [0.05, 0.1) is 0 Å². The van der Waals surface area contributed by atoms with Gasteiger partial charge >= 0.3 is 0 Å². The maximum Gasteiger partial charge on any atom is 0.274 e. The first kappa shape index (κ1) is 127. The van der Waals surface area contributed by atoms with Crippen LogP contribution in [-0.2, 0) is 71.6 Å². The number of likely N-dealkylation sites (N-methyl/N-ethyl adjacent to an activating group) is 12. The molecule has 6 aliphatic heterocycles. The number of rotatable bonds is 25. The molecule has 12 unspecified atom stereocenters. The molecule has 28 nitrogen and oxygen atoms in total. The first-order valence-corrected chi connectivity index (χ1v) is 50.4. The van der Waals surface area contributed by atoms with Crippen molar-refractivity contribution >= 4 is 187 Å². The monoisotopic (exact) mass is 2070 g/mol. The Morgan fingerprint density at radius 2 is 0.474 bits per heavy atom. The standard InChI is InChI=1S/C14H23Cl3N2O2.2C14H24Cl2N2O2.C14H20Cl2N2O2.2C14H24N2O2.C14H22N2O2/c1-8(2)6-10-12(20)19(5)11(13(21)18(10)4)7-9(3)14(15,16)17;3*1-8(2)6-10-13(19)18(5)11(14(20)17(10)4)7-9(3)12(15)16;3*1-9(2)7-11-13(17)16(6)12(8-10(3)4)14(18)15(11)5/h8-11H,6-7H2,1-5H3;2*8-12H,6-7H2,1-5H3;7-8,10H,6H2,1-5H3;2*7,9-10,12H,8H2,1-6H3;7-10H,1-6H3/b;;;11-7-;11-7+;11-7-;11-7-,12-8-. The minimum Gasteiger partial charge on any atom is -0.332 e. The zero-order valence-corrected chi connectivity index (χ0v) is 94.3. The van der Waals surface area contributed by atoms with Crippen molar-refractivity contribution in [2.24, 2.45) is 91.0 Å². The van der Waals surface area contributed by atoms with Crippen molar-refractivity contribution in [1.82, 2.24) is 67.9 Å². The molecule has 1 aromatic heterocycles. The second-order valence-electron chi connectivity index (χ2n) is 40.7. The van der Waals surface area contributed by atoms with Crippen LogP contribution in [0.5, 0.6) is 0 Å². The predicted octanol–water partition coefficient (Wildman–Crippen LogP) is 14.8. The molecule has 7 rings (SSSR count). The van der Waals surface area contributed by atoms with E-state index in [-0.39, 0.29) is 158 Å². The number of piperazine rings is 6. The van der Waals surface area contributed by atoms with Crippen molar-refractivity contribution in [3.63, 3.8) is 0 Å². The number of alkyl halides is 7. The van der Waals surface area contributed by atoms with E-state index in [0.717, 1.165) is 0 Å². The van der Waals surface area contributed by atoms with Gasteiger partial charge in [-0.1, -0.05) is 242 Å². The van der Waals surface area contributed by atoms with Gasteiger partial charge in [-0.2, -0.15) is 0 Å². The molecule has 135 heavy (non-hydrogen) atoms. The Kier molecular flexibility index (Phi) is 52.8. The molecule has 6 fully saturated rings. The molecule has 12 amide bonds. The summed E-state index contributed by atoms with van der Waals surface area (Å²) in [6, 6.07) is -3.70. The lowest BCUT2D eigenvalue weighted by molar-refractivity contribution is -0.159. The van der Waals surface area contributed by atoms with E-state index in [9.17, 15) is 67.1 Å². The van der Waals surface area contributed by atoms with Crippen LogP contribution in [0.25, 0.3) is 12.2 Å². The molecule has 0 spiro atoms. The van der Waals surface area contributed by atoms with Crippen LogP contribution in [0.15, 0.2) is 55.0 Å². The van der Waals surface area contributed by atoms with E-state index in [1.165, 1.54) is 44.6 Å². The minimum absolute atomic E-state index is 0.00121. The van der Waals surface area contributed by atoms with Crippen LogP contribution in [0.3, 0.4) is 0 Å². The first-order valence-electron chi connectivity index (χ1n) is 46.8. The summed E-state index contributed by atoms with van der Waals surface area (Å²) in [5, 5.41) is 0.914. The Balaban J connectivity index is 0.000000788. The average Bonchev–Trinajstić information content (AvgIpc) is 0.780. The number of hydrogen-bond donors (Lipinski definition) is 0. The van der Waals surface area contributed by atoms with Gasteiger partial charge in [-0.25, -0.2) is 0 Å². The molecule has 0 N–H and O–H groups in total. The molecular formula is C98H161Cl9N14O14. The number of carbonyl (C=O) groups excluding carboxylic acids is 12. The van der Waals surface area contributed by atoms with Gasteiger partial charge < -0.3 is 67.9 Å². The van der Waals surface area contributed by atoms with Crippen LogP contribution in [0, 0.1) is 76.9 Å². The highest BCUT2D eigenvalue weighted by Gasteiger charge is 2.49. The van der Waals surface area contributed by atoms with E-state index in [2.05, 4.69) is 27.7 Å². The lowest BCUT2D eigenvalue weighted by atomic mass is 9.93. The summed E-state index contributed by atoms with van der Waals surface area (Å²) in [5.41, 5.74) is 1.58. The van der Waals surface area contributed by atoms with Gasteiger partial charge in [-0.3, -0.25) is 67.1 Å². The van der Waals surface area contributed by atoms with E-state index in [1.54, 1.807) is 142 Å². The number of amides is 12. The van der Waals surface area contributed by atoms with Crippen LogP contribution >= 0.6 is 104 Å². The van der Waals surface area contributed by atoms with Crippen molar-refractivity contribution < 1.29 is 57.5 Å². The van der Waals surface area contributed by atoms with E-state index >= 15 is 0 Å². The molecule has 770 valence electrons. The Morgan fingerprint density at radius 1 is 0.281 bits per heavy atom. The maximum absolute atomic E-state index is 12.5. The quantitative estimate of drug-likeness (QED) is 0.0650. The van der Waals surface area contributed by atoms with E-state index in [1.807, 2.05) is 149 Å². The Morgan fingerprint density at radius 3 is 0.667 bits per heavy atom. The Labute approximate surface area is 851 Å². The fourth-order valence-electron chi connectivity index (χ4n) is 15.9. The molecule has 1 aromatic rings. The summed E-state index contributed by atoms with van der Waals surface area (Å²) in [5.74, 6) is 2.09. The fraction of sp³-hybridized carbons (Fsp3) is 0.735. The Bertz CT molecular complexity index is 4420. The third-order valence-corrected chi connectivity index (χ3v) is 27.7. The molecular weight excluding hydrogens is 1920 g/mol. The molecule has 0 saturated carbocycles. The minimum atomic E-state index is -1.45. The van der Waals surface area contributed by atoms with Crippen molar-refractivity contribution in [3.8, 4) is 0 Å². The van der Waals surface area contributed by atoms with E-state index in [4.69, 9.17) is 104 Å². The summed E-state index contributed by atoms with van der Waals surface area (Å²) in [6.45, 7) is 47.7. The van der Waals surface area contributed by atoms with Gasteiger partial charge in [0.2, 0.25) is 53.2 Å². The summed E-state index contributed by atoms with van der Waals surface area (Å²) < 4.78 is 1.52. The molecule has 12 atom stereocenters. The van der Waals surface area contributed by atoms with E-state index < -0.39 is 43.7 Å². The zero-order valence-electron chi connectivity index (χ0n) is 87.5. The van der Waals surface area contributed by atoms with Crippen LogP contribution in [0.2, 0.25) is 0 Å². The van der Waals surface area contributed by atoms with Gasteiger partial charge in [-0.15, -0.1) is 46.4 Å². The summed E-state index contributed by atoms with van der Waals surface area (Å²) in [4.78, 5) is 191. The van der Waals surface area contributed by atoms with Crippen molar-refractivity contribution in [1.29, 1.82) is 0 Å². The lowest BCUT2D eigenvalue weighted by Crippen LogP contribution is -2.63. The zero-order chi connectivity index (χ0) is 105. The first-order chi connectivity index (χ1) is 61.7. The predicted molar refractivity (Wildman–Crippen MR) is 550 cm³/mol. The number of carbonyl (C=O) groups is 12. The van der Waals surface area contributed by atoms with Crippen LogP contribution in [-0.4, -0.2) is 291 Å². The summed E-state index contributed by atoms with van der Waals surface area (Å²) in [7, 11) is 23.5. The maximum atomic E-state index is 12.5. The normalized spacial score (nSPS) is 23.1. The fourth-order valence-corrected chi connectivity index (χ4v) is 16.7. The smallest absolute Gasteiger partial charge is 0.274 e. The van der Waals surface area contributed by atoms with Gasteiger partial charge in [0.25, 0.3) is 28.8 Å². The van der Waals surface area contributed by atoms with Crippen LogP contribution < -0.4 is 21.8 Å². The molecule has 6 aliphatic rings. The second-order valence-corrected chi connectivity index (χ2v) is 46.4. The SMILES string of the molecule is CC(/C=C1/C(=O)N(C)C(CC(C)C)C(=O)N1C)=C(Cl)Cl.CC(C)/C=C1/C(=O)N(C)C(CC(C)C)C(=O)N1C.CC(C)/C=C1\C(=O)N(C)C(CC(C)C)C(=O)N1C.CC(C)/C=c1/c(=O)n(C)/c(=C\C(C)C)c(=O)n1C.CC(C)CC1C(=O)N(C)C(CC(C)C(Cl)(Cl)Cl)C(=O)N1C.CC(C)CC1C(=O)N(C)C(CC(C)C(Cl)Cl)C(=O)N1C.CC(C)CC1C(=O)N(C)C(CC(C)C(Cl)Cl)C(=O)N1C. The molecule has 0 radical (unpaired) electrons. The number of hydrogen-bond acceptors (Lipinski definition) is 14. The number of nitrogens with zero attached hydrogens (tertiary/aromatic N) is 14. The highest BCUT2D eigenvalue weighted by molar-refractivity contribution is 6.67. The average molecular weight is 2080 g/mol.